The van der Waals surface area contributed by atoms with Gasteiger partial charge < -0.3 is 19.7 Å². The van der Waals surface area contributed by atoms with Crippen molar-refractivity contribution in [2.24, 2.45) is 53.3 Å². The zero-order valence-electron chi connectivity index (χ0n) is 24.0. The average molecular weight is 495 g/mol. The summed E-state index contributed by atoms with van der Waals surface area (Å²) in [6, 6.07) is 0. The normalized spacial score (nSPS) is 40.7. The molecule has 35 heavy (non-hydrogen) atoms. The molecule has 0 spiro atoms. The predicted octanol–water partition coefficient (Wildman–Crippen LogP) is 6.72. The van der Waals surface area contributed by atoms with Crippen LogP contribution in [0.15, 0.2) is 0 Å². The molecule has 0 radical (unpaired) electrons. The molecule has 0 aromatic carbocycles. The van der Waals surface area contributed by atoms with Crippen molar-refractivity contribution in [3.8, 4) is 0 Å². The summed E-state index contributed by atoms with van der Waals surface area (Å²) in [5, 5.41) is 23.0. The van der Waals surface area contributed by atoms with Crippen molar-refractivity contribution in [3.63, 3.8) is 0 Å². The van der Waals surface area contributed by atoms with Gasteiger partial charge in [-0.05, 0) is 106 Å². The van der Waals surface area contributed by atoms with Gasteiger partial charge in [-0.15, -0.1) is 0 Å². The summed E-state index contributed by atoms with van der Waals surface area (Å²) in [6.45, 7) is 17.4. The van der Waals surface area contributed by atoms with Gasteiger partial charge in [0.05, 0.1) is 37.6 Å². The highest BCUT2D eigenvalue weighted by Gasteiger charge is 2.45. The van der Waals surface area contributed by atoms with E-state index in [-0.39, 0.29) is 11.8 Å². The molecule has 3 aliphatic rings. The second kappa shape index (κ2) is 13.6. The highest BCUT2D eigenvalue weighted by molar-refractivity contribution is 4.94. The molecule has 9 unspecified atom stereocenters. The fourth-order valence-electron chi connectivity index (χ4n) is 8.12. The van der Waals surface area contributed by atoms with Gasteiger partial charge in [0, 0.05) is 0 Å². The Morgan fingerprint density at radius 1 is 0.829 bits per heavy atom. The summed E-state index contributed by atoms with van der Waals surface area (Å²) < 4.78 is 12.5. The van der Waals surface area contributed by atoms with Gasteiger partial charge in [-0.3, -0.25) is 0 Å². The summed E-state index contributed by atoms with van der Waals surface area (Å²) in [7, 11) is 0. The molecule has 0 bridgehead atoms. The Kier molecular flexibility index (Phi) is 11.4. The summed E-state index contributed by atoms with van der Waals surface area (Å²) in [6.07, 6.45) is 9.83. The molecule has 2 aliphatic carbocycles. The van der Waals surface area contributed by atoms with Crippen LogP contribution < -0.4 is 0 Å². The first-order valence-corrected chi connectivity index (χ1v) is 15.2. The molecule has 4 heteroatoms. The second-order valence-electron chi connectivity index (χ2n) is 13.2. The number of aliphatic hydroxyl groups excluding tert-OH is 2. The highest BCUT2D eigenvalue weighted by Crippen LogP contribution is 2.48. The first-order valence-electron chi connectivity index (χ1n) is 15.2. The summed E-state index contributed by atoms with van der Waals surface area (Å²) in [5.41, 5.74) is 0. The van der Waals surface area contributed by atoms with E-state index in [0.29, 0.717) is 47.7 Å². The molecule has 2 N–H and O–H groups in total. The minimum Gasteiger partial charge on any atom is -0.390 e. The van der Waals surface area contributed by atoms with E-state index in [9.17, 15) is 10.2 Å². The molecular formula is C31H58O4. The predicted molar refractivity (Wildman–Crippen MR) is 144 cm³/mol. The maximum Gasteiger partial charge on any atom is 0.0830 e. The van der Waals surface area contributed by atoms with Gasteiger partial charge in [0.15, 0.2) is 0 Å². The number of ether oxygens (including phenoxy) is 2. The number of fused-ring (bicyclic) bond motifs is 1. The van der Waals surface area contributed by atoms with Crippen LogP contribution >= 0.6 is 0 Å². The second-order valence-corrected chi connectivity index (χ2v) is 13.2. The van der Waals surface area contributed by atoms with Crippen molar-refractivity contribution in [3.05, 3.63) is 0 Å². The first-order chi connectivity index (χ1) is 16.6. The minimum absolute atomic E-state index is 0.0822. The smallest absolute Gasteiger partial charge is 0.0830 e. The van der Waals surface area contributed by atoms with Gasteiger partial charge in [-0.25, -0.2) is 0 Å². The van der Waals surface area contributed by atoms with Gasteiger partial charge in [0.25, 0.3) is 0 Å². The molecule has 206 valence electrons. The van der Waals surface area contributed by atoms with Crippen LogP contribution in [0.5, 0.6) is 0 Å². The summed E-state index contributed by atoms with van der Waals surface area (Å²) >= 11 is 0. The molecule has 0 amide bonds. The van der Waals surface area contributed by atoms with E-state index >= 15 is 0 Å². The zero-order chi connectivity index (χ0) is 25.7. The monoisotopic (exact) mass is 494 g/mol. The number of aliphatic hydroxyl groups is 2. The Bertz CT molecular complexity index is 611. The van der Waals surface area contributed by atoms with Crippen LogP contribution in [-0.4, -0.2) is 47.8 Å². The fourth-order valence-corrected chi connectivity index (χ4v) is 8.12. The maximum absolute atomic E-state index is 11.5. The molecule has 0 aromatic rings. The number of hydrogen-bond donors (Lipinski definition) is 2. The molecule has 1 heterocycles. The Balaban J connectivity index is 1.65. The fraction of sp³-hybridized carbons (Fsp3) is 1.00. The molecule has 0 aromatic heterocycles. The lowest BCUT2D eigenvalue weighted by molar-refractivity contribution is -0.103. The van der Waals surface area contributed by atoms with Crippen LogP contribution in [0.1, 0.15) is 106 Å². The Labute approximate surface area is 216 Å². The van der Waals surface area contributed by atoms with Crippen molar-refractivity contribution < 1.29 is 19.7 Å². The van der Waals surface area contributed by atoms with Crippen molar-refractivity contribution in [2.45, 2.75) is 131 Å². The van der Waals surface area contributed by atoms with Crippen LogP contribution in [0.25, 0.3) is 0 Å². The quantitative estimate of drug-likeness (QED) is 0.354. The van der Waals surface area contributed by atoms with Crippen molar-refractivity contribution in [1.82, 2.24) is 0 Å². The van der Waals surface area contributed by atoms with Gasteiger partial charge in [0.1, 0.15) is 0 Å². The zero-order valence-corrected chi connectivity index (χ0v) is 24.0. The molecule has 3 fully saturated rings. The standard InChI is InChI=1S/C31H58O4/c1-8-9-21(4)34-17-25-16-19(2)10-13-27(25)23(6)30(32)31(33)24(7)28-14-11-20(3)26-15-12-22(5)35-18-29(26)28/h19-33H,8-18H2,1-7H3/t19-,20-,21?,22?,23?,24?,25?,26?,27+,28+,29?,30?,31?/m1/s1. The summed E-state index contributed by atoms with van der Waals surface area (Å²) in [5.74, 6) is 4.14. The average Bonchev–Trinajstić information content (AvgIpc) is 3.04. The Morgan fingerprint density at radius 3 is 2.17 bits per heavy atom. The lowest BCUT2D eigenvalue weighted by atomic mass is 9.61. The molecule has 4 nitrogen and oxygen atoms in total. The van der Waals surface area contributed by atoms with E-state index in [2.05, 4.69) is 48.5 Å². The van der Waals surface area contributed by atoms with Crippen LogP contribution in [0.4, 0.5) is 0 Å². The minimum atomic E-state index is -0.678. The van der Waals surface area contributed by atoms with Crippen molar-refractivity contribution in [2.75, 3.05) is 13.2 Å². The first kappa shape index (κ1) is 29.4. The van der Waals surface area contributed by atoms with Gasteiger partial charge in [-0.2, -0.15) is 0 Å². The third-order valence-corrected chi connectivity index (χ3v) is 10.6. The van der Waals surface area contributed by atoms with Crippen LogP contribution in [0.2, 0.25) is 0 Å². The lowest BCUT2D eigenvalue weighted by Gasteiger charge is -2.46. The molecular weight excluding hydrogens is 436 g/mol. The van der Waals surface area contributed by atoms with Gasteiger partial charge in [0.2, 0.25) is 0 Å². The third-order valence-electron chi connectivity index (χ3n) is 10.6. The summed E-state index contributed by atoms with van der Waals surface area (Å²) in [4.78, 5) is 0. The third kappa shape index (κ3) is 7.45. The van der Waals surface area contributed by atoms with E-state index in [1.807, 2.05) is 0 Å². The molecule has 3 rings (SSSR count). The molecule has 1 saturated heterocycles. The number of hydrogen-bond acceptors (Lipinski definition) is 4. The van der Waals surface area contributed by atoms with E-state index in [0.717, 1.165) is 51.2 Å². The topological polar surface area (TPSA) is 58.9 Å². The van der Waals surface area contributed by atoms with Gasteiger partial charge >= 0.3 is 0 Å². The molecule has 2 saturated carbocycles. The molecule has 13 atom stereocenters. The van der Waals surface area contributed by atoms with Crippen molar-refractivity contribution >= 4 is 0 Å². The van der Waals surface area contributed by atoms with E-state index in [1.165, 1.54) is 25.7 Å². The lowest BCUT2D eigenvalue weighted by Crippen LogP contribution is -2.48. The SMILES string of the molecule is CCCC(C)OCC1C[C@H](C)CC[C@H]1C(C)C(O)C(O)C(C)[C@@H]1CC[C@@H](C)C2CCC(C)OCC21. The number of rotatable bonds is 10. The Morgan fingerprint density at radius 2 is 1.49 bits per heavy atom. The van der Waals surface area contributed by atoms with Crippen LogP contribution in [0.3, 0.4) is 0 Å². The van der Waals surface area contributed by atoms with Crippen LogP contribution in [0, 0.1) is 53.3 Å². The highest BCUT2D eigenvalue weighted by atomic mass is 16.5. The van der Waals surface area contributed by atoms with E-state index in [1.54, 1.807) is 0 Å². The Hall–Kier alpha value is -0.160. The van der Waals surface area contributed by atoms with Crippen molar-refractivity contribution in [1.29, 1.82) is 0 Å². The van der Waals surface area contributed by atoms with Gasteiger partial charge in [-0.1, -0.05) is 53.9 Å². The van der Waals surface area contributed by atoms with E-state index < -0.39 is 12.2 Å². The van der Waals surface area contributed by atoms with E-state index in [4.69, 9.17) is 9.47 Å². The maximum atomic E-state index is 11.5. The largest absolute Gasteiger partial charge is 0.390 e. The molecule has 1 aliphatic heterocycles. The van der Waals surface area contributed by atoms with Crippen LogP contribution in [-0.2, 0) is 9.47 Å².